The van der Waals surface area contributed by atoms with Crippen LogP contribution in [0.5, 0.6) is 0 Å². The van der Waals surface area contributed by atoms with Crippen LogP contribution in [0.25, 0.3) is 0 Å². The van der Waals surface area contributed by atoms with Crippen molar-refractivity contribution < 1.29 is 14.6 Å². The number of rotatable bonds is 10. The van der Waals surface area contributed by atoms with Crippen molar-refractivity contribution in [1.29, 1.82) is 0 Å². The van der Waals surface area contributed by atoms with Crippen molar-refractivity contribution in [3.8, 4) is 0 Å². The van der Waals surface area contributed by atoms with Gasteiger partial charge < -0.3 is 9.84 Å². The second-order valence-corrected chi connectivity index (χ2v) is 4.91. The van der Waals surface area contributed by atoms with E-state index in [1.54, 1.807) is 6.92 Å². The van der Waals surface area contributed by atoms with Gasteiger partial charge in [0.2, 0.25) is 0 Å². The molecule has 0 aromatic rings. The Balaban J connectivity index is 3.33. The first-order chi connectivity index (χ1) is 8.07. The maximum Gasteiger partial charge on any atom is 0.306 e. The molecule has 0 rings (SSSR count). The normalized spacial score (nSPS) is 14.4. The quantitative estimate of drug-likeness (QED) is 0.474. The van der Waals surface area contributed by atoms with E-state index in [4.69, 9.17) is 4.74 Å². The second-order valence-electron chi connectivity index (χ2n) is 4.91. The van der Waals surface area contributed by atoms with E-state index in [1.807, 2.05) is 6.92 Å². The average Bonchev–Trinajstić information content (AvgIpc) is 2.27. The first-order valence-electron chi connectivity index (χ1n) is 6.91. The Hall–Kier alpha value is -0.570. The molecular formula is C14H28O3. The molecule has 0 fully saturated rings. The highest BCUT2D eigenvalue weighted by atomic mass is 16.5. The van der Waals surface area contributed by atoms with Gasteiger partial charge in [-0.05, 0) is 19.3 Å². The Morgan fingerprint density at radius 2 is 1.71 bits per heavy atom. The molecule has 0 aromatic carbocycles. The number of ether oxygens (including phenoxy) is 1. The molecule has 17 heavy (non-hydrogen) atoms. The third-order valence-corrected chi connectivity index (χ3v) is 3.07. The van der Waals surface area contributed by atoms with Gasteiger partial charge in [0.05, 0.1) is 19.1 Å². The number of hydrogen-bond donors (Lipinski definition) is 1. The van der Waals surface area contributed by atoms with Gasteiger partial charge >= 0.3 is 5.97 Å². The minimum Gasteiger partial charge on any atom is -0.466 e. The van der Waals surface area contributed by atoms with E-state index in [0.29, 0.717) is 13.0 Å². The lowest BCUT2D eigenvalue weighted by atomic mass is 10.0. The summed E-state index contributed by atoms with van der Waals surface area (Å²) in [5, 5.41) is 9.25. The van der Waals surface area contributed by atoms with Crippen LogP contribution < -0.4 is 0 Å². The molecule has 0 heterocycles. The zero-order valence-corrected chi connectivity index (χ0v) is 11.6. The summed E-state index contributed by atoms with van der Waals surface area (Å²) in [4.78, 5) is 11.4. The number of carbonyl (C=O) groups excluding carboxylic acids is 1. The van der Waals surface area contributed by atoms with Crippen LogP contribution >= 0.6 is 0 Å². The monoisotopic (exact) mass is 244 g/mol. The largest absolute Gasteiger partial charge is 0.466 e. The fourth-order valence-corrected chi connectivity index (χ4v) is 1.56. The van der Waals surface area contributed by atoms with Crippen LogP contribution in [0.4, 0.5) is 0 Å². The first-order valence-corrected chi connectivity index (χ1v) is 6.91. The van der Waals surface area contributed by atoms with Crippen molar-refractivity contribution in [1.82, 2.24) is 0 Å². The molecule has 0 aliphatic carbocycles. The fourth-order valence-electron chi connectivity index (χ4n) is 1.56. The molecular weight excluding hydrogens is 216 g/mol. The molecule has 0 saturated heterocycles. The van der Waals surface area contributed by atoms with Crippen LogP contribution in [0.15, 0.2) is 0 Å². The Labute approximate surface area is 106 Å². The summed E-state index contributed by atoms with van der Waals surface area (Å²) in [7, 11) is 0. The number of unbranched alkanes of at least 4 members (excludes halogenated alkanes) is 5. The topological polar surface area (TPSA) is 46.5 Å². The van der Waals surface area contributed by atoms with Gasteiger partial charge in [-0.2, -0.15) is 0 Å². The van der Waals surface area contributed by atoms with Crippen molar-refractivity contribution in [2.24, 2.45) is 5.92 Å². The second kappa shape index (κ2) is 10.6. The highest BCUT2D eigenvalue weighted by molar-refractivity contribution is 5.69. The Kier molecular flexibility index (Phi) is 10.2. The van der Waals surface area contributed by atoms with Gasteiger partial charge in [0.15, 0.2) is 0 Å². The zero-order valence-electron chi connectivity index (χ0n) is 11.6. The molecule has 0 spiro atoms. The molecule has 0 aliphatic rings. The number of carbonyl (C=O) groups is 1. The number of esters is 1. The van der Waals surface area contributed by atoms with Gasteiger partial charge in [-0.25, -0.2) is 0 Å². The highest BCUT2D eigenvalue weighted by Crippen LogP contribution is 2.09. The standard InChI is InChI=1S/C14H28O3/c1-4-5-6-7-8-9-10-17-14(16)11-12(2)13(3)15/h12-13,15H,4-11H2,1-3H3. The van der Waals surface area contributed by atoms with E-state index in [1.165, 1.54) is 25.7 Å². The Bertz CT molecular complexity index is 190. The lowest BCUT2D eigenvalue weighted by Crippen LogP contribution is -2.18. The summed E-state index contributed by atoms with van der Waals surface area (Å²) >= 11 is 0. The third kappa shape index (κ3) is 10.3. The van der Waals surface area contributed by atoms with E-state index < -0.39 is 6.10 Å². The lowest BCUT2D eigenvalue weighted by Gasteiger charge is -2.13. The highest BCUT2D eigenvalue weighted by Gasteiger charge is 2.14. The van der Waals surface area contributed by atoms with Gasteiger partial charge in [0.25, 0.3) is 0 Å². The Morgan fingerprint density at radius 3 is 2.29 bits per heavy atom. The van der Waals surface area contributed by atoms with Crippen molar-refractivity contribution in [2.45, 2.75) is 71.8 Å². The van der Waals surface area contributed by atoms with Gasteiger partial charge in [-0.15, -0.1) is 0 Å². The van der Waals surface area contributed by atoms with E-state index in [0.717, 1.165) is 12.8 Å². The molecule has 0 bridgehead atoms. The summed E-state index contributed by atoms with van der Waals surface area (Å²) in [6, 6.07) is 0. The van der Waals surface area contributed by atoms with E-state index >= 15 is 0 Å². The summed E-state index contributed by atoms with van der Waals surface area (Å²) in [6.07, 6.45) is 7.03. The summed E-state index contributed by atoms with van der Waals surface area (Å²) in [5.74, 6) is -0.209. The predicted octanol–water partition coefficient (Wildman–Crippen LogP) is 3.30. The maximum atomic E-state index is 11.4. The number of aliphatic hydroxyl groups is 1. The average molecular weight is 244 g/mol. The van der Waals surface area contributed by atoms with Crippen LogP contribution in [0.1, 0.15) is 65.7 Å². The molecule has 2 unspecified atom stereocenters. The summed E-state index contributed by atoms with van der Waals surface area (Å²) < 4.78 is 5.12. The summed E-state index contributed by atoms with van der Waals surface area (Å²) in [5.41, 5.74) is 0. The molecule has 0 aliphatic heterocycles. The van der Waals surface area contributed by atoms with Crippen LogP contribution in [0.2, 0.25) is 0 Å². The molecule has 1 N–H and O–H groups in total. The van der Waals surface area contributed by atoms with Gasteiger partial charge in [-0.3, -0.25) is 4.79 Å². The fraction of sp³-hybridized carbons (Fsp3) is 0.929. The SMILES string of the molecule is CCCCCCCCOC(=O)CC(C)C(C)O. The molecule has 2 atom stereocenters. The number of hydrogen-bond acceptors (Lipinski definition) is 3. The van der Waals surface area contributed by atoms with E-state index in [-0.39, 0.29) is 11.9 Å². The molecule has 0 radical (unpaired) electrons. The minimum atomic E-state index is -0.448. The molecule has 3 heteroatoms. The van der Waals surface area contributed by atoms with E-state index in [2.05, 4.69) is 6.92 Å². The molecule has 3 nitrogen and oxygen atoms in total. The molecule has 0 aromatic heterocycles. The smallest absolute Gasteiger partial charge is 0.306 e. The zero-order chi connectivity index (χ0) is 13.1. The van der Waals surface area contributed by atoms with Gasteiger partial charge in [0.1, 0.15) is 0 Å². The van der Waals surface area contributed by atoms with Crippen LogP contribution in [0.3, 0.4) is 0 Å². The van der Waals surface area contributed by atoms with Crippen LogP contribution in [-0.4, -0.2) is 23.8 Å². The van der Waals surface area contributed by atoms with Crippen molar-refractivity contribution in [2.75, 3.05) is 6.61 Å². The van der Waals surface area contributed by atoms with Crippen LogP contribution in [0, 0.1) is 5.92 Å². The van der Waals surface area contributed by atoms with Crippen molar-refractivity contribution in [3.05, 3.63) is 0 Å². The minimum absolute atomic E-state index is 0.0212. The third-order valence-electron chi connectivity index (χ3n) is 3.07. The summed E-state index contributed by atoms with van der Waals surface area (Å²) in [6.45, 7) is 6.28. The first kappa shape index (κ1) is 16.4. The molecule has 0 amide bonds. The van der Waals surface area contributed by atoms with Crippen molar-refractivity contribution >= 4 is 5.97 Å². The number of aliphatic hydroxyl groups excluding tert-OH is 1. The van der Waals surface area contributed by atoms with E-state index in [9.17, 15) is 9.90 Å². The van der Waals surface area contributed by atoms with Crippen molar-refractivity contribution in [3.63, 3.8) is 0 Å². The predicted molar refractivity (Wildman–Crippen MR) is 69.8 cm³/mol. The van der Waals surface area contributed by atoms with Crippen LogP contribution in [-0.2, 0) is 9.53 Å². The molecule has 0 saturated carbocycles. The lowest BCUT2D eigenvalue weighted by molar-refractivity contribution is -0.145. The molecule has 102 valence electrons. The Morgan fingerprint density at radius 1 is 1.12 bits per heavy atom. The maximum absolute atomic E-state index is 11.4. The van der Waals surface area contributed by atoms with Gasteiger partial charge in [-0.1, -0.05) is 46.0 Å². The van der Waals surface area contributed by atoms with Gasteiger partial charge in [0, 0.05) is 0 Å².